The second-order valence-corrected chi connectivity index (χ2v) is 14.2. The van der Waals surface area contributed by atoms with Crippen LogP contribution in [0, 0.1) is 0 Å². The molecular weight excluding hydrogens is 693 g/mol. The lowest BCUT2D eigenvalue weighted by molar-refractivity contribution is -0.162. The number of hydrogen-bond acceptors (Lipinski definition) is 5. The van der Waals surface area contributed by atoms with Crippen molar-refractivity contribution in [3.63, 3.8) is 0 Å². The molecule has 0 aliphatic heterocycles. The minimum atomic E-state index is -0.583. The van der Waals surface area contributed by atoms with Crippen LogP contribution >= 0.6 is 0 Å². The zero-order valence-electron chi connectivity index (χ0n) is 36.1. The molecule has 0 rings (SSSR count). The van der Waals surface area contributed by atoms with E-state index >= 15 is 0 Å². The van der Waals surface area contributed by atoms with Crippen molar-refractivity contribution >= 4 is 11.9 Å². The molecule has 0 heterocycles. The van der Waals surface area contributed by atoms with Crippen molar-refractivity contribution in [3.05, 3.63) is 109 Å². The SMILES string of the molecule is CC/C=C\C/C=C\C/C=C\C/C=C\C/C=C\CC(=O)OCC(COCCCCCCCCC/C=C\C/C=C\C/C=C\C/C=C\CC)OC(=O)CCCCCCC. The molecule has 0 aromatic carbocycles. The molecule has 0 aromatic heterocycles. The summed E-state index contributed by atoms with van der Waals surface area (Å²) in [5.74, 6) is -0.573. The monoisotopic (exact) mass is 775 g/mol. The van der Waals surface area contributed by atoms with E-state index < -0.39 is 6.10 Å². The summed E-state index contributed by atoms with van der Waals surface area (Å²) in [5.41, 5.74) is 0. The fourth-order valence-electron chi connectivity index (χ4n) is 5.57. The van der Waals surface area contributed by atoms with Gasteiger partial charge in [-0.15, -0.1) is 0 Å². The van der Waals surface area contributed by atoms with Crippen LogP contribution in [0.5, 0.6) is 0 Å². The molecule has 1 atom stereocenters. The number of unbranched alkanes of at least 4 members (excludes halogenated alkanes) is 11. The van der Waals surface area contributed by atoms with Crippen LogP contribution < -0.4 is 0 Å². The standard InChI is InChI=1S/C51H82O5/c1-4-7-10-13-15-17-19-21-23-24-25-26-27-29-31-33-35-37-40-43-46-54-47-49(56-51(53)45-42-38-12-9-6-3)48-55-50(52)44-41-39-36-34-32-30-28-22-20-18-16-14-11-8-5-2/h7-8,10-11,15-18,21-23,25-26,28,32,34,39,41,49H,4-6,9,12-14,19-20,24,27,29-31,33,35-38,40,42-48H2,1-3H3/b10-7-,11-8-,17-15-,18-16-,23-21-,26-25-,28-22-,34-32-,41-39-. The molecule has 5 heteroatoms. The number of carbonyl (C=O) groups excluding carboxylic acids is 2. The van der Waals surface area contributed by atoms with Crippen molar-refractivity contribution in [2.24, 2.45) is 0 Å². The molecule has 56 heavy (non-hydrogen) atoms. The second kappa shape index (κ2) is 45.9. The first-order valence-electron chi connectivity index (χ1n) is 22.4. The summed E-state index contributed by atoms with van der Waals surface area (Å²) in [6.07, 6.45) is 62.9. The van der Waals surface area contributed by atoms with E-state index in [1.54, 1.807) is 0 Å². The van der Waals surface area contributed by atoms with Gasteiger partial charge in [-0.2, -0.15) is 0 Å². The predicted octanol–water partition coefficient (Wildman–Crippen LogP) is 14.9. The highest BCUT2D eigenvalue weighted by atomic mass is 16.6. The molecule has 0 amide bonds. The van der Waals surface area contributed by atoms with Gasteiger partial charge in [0.15, 0.2) is 6.10 Å². The van der Waals surface area contributed by atoms with Crippen molar-refractivity contribution in [3.8, 4) is 0 Å². The topological polar surface area (TPSA) is 61.8 Å². The molecule has 0 radical (unpaired) electrons. The Bertz CT molecular complexity index is 1150. The molecule has 0 aromatic rings. The van der Waals surface area contributed by atoms with Crippen LogP contribution in [-0.4, -0.2) is 37.9 Å². The number of carbonyl (C=O) groups is 2. The smallest absolute Gasteiger partial charge is 0.309 e. The Balaban J connectivity index is 4.21. The molecule has 0 aliphatic carbocycles. The van der Waals surface area contributed by atoms with E-state index in [4.69, 9.17) is 14.2 Å². The Morgan fingerprint density at radius 1 is 0.429 bits per heavy atom. The van der Waals surface area contributed by atoms with Gasteiger partial charge in [-0.25, -0.2) is 0 Å². The van der Waals surface area contributed by atoms with Crippen molar-refractivity contribution in [2.45, 2.75) is 181 Å². The highest BCUT2D eigenvalue weighted by Crippen LogP contribution is 2.11. The second-order valence-electron chi connectivity index (χ2n) is 14.2. The van der Waals surface area contributed by atoms with Crippen LogP contribution in [0.15, 0.2) is 109 Å². The summed E-state index contributed by atoms with van der Waals surface area (Å²) in [7, 11) is 0. The largest absolute Gasteiger partial charge is 0.461 e. The fraction of sp³-hybridized carbons (Fsp3) is 0.608. The van der Waals surface area contributed by atoms with Crippen LogP contribution in [0.25, 0.3) is 0 Å². The van der Waals surface area contributed by atoms with E-state index in [9.17, 15) is 9.59 Å². The lowest BCUT2D eigenvalue weighted by Gasteiger charge is -2.18. The molecule has 1 unspecified atom stereocenters. The summed E-state index contributed by atoms with van der Waals surface area (Å²) in [6, 6.07) is 0. The van der Waals surface area contributed by atoms with Crippen molar-refractivity contribution in [1.29, 1.82) is 0 Å². The Morgan fingerprint density at radius 3 is 1.38 bits per heavy atom. The minimum absolute atomic E-state index is 0.0199. The molecule has 0 bridgehead atoms. The normalized spacial score (nSPS) is 13.3. The third kappa shape index (κ3) is 43.3. The third-order valence-electron chi connectivity index (χ3n) is 8.84. The molecule has 0 saturated heterocycles. The van der Waals surface area contributed by atoms with Gasteiger partial charge in [0.2, 0.25) is 0 Å². The maximum Gasteiger partial charge on any atom is 0.309 e. The van der Waals surface area contributed by atoms with Gasteiger partial charge in [-0.1, -0.05) is 188 Å². The Morgan fingerprint density at radius 2 is 0.857 bits per heavy atom. The molecule has 0 N–H and O–H groups in total. The number of esters is 2. The molecule has 0 saturated carbocycles. The lowest BCUT2D eigenvalue weighted by Crippen LogP contribution is -2.30. The average Bonchev–Trinajstić information content (AvgIpc) is 3.20. The number of allylic oxidation sites excluding steroid dienone is 17. The first-order chi connectivity index (χ1) is 27.6. The van der Waals surface area contributed by atoms with Gasteiger partial charge in [0.1, 0.15) is 6.61 Å². The summed E-state index contributed by atoms with van der Waals surface area (Å²) < 4.78 is 17.1. The maximum atomic E-state index is 12.5. The van der Waals surface area contributed by atoms with Gasteiger partial charge in [0.25, 0.3) is 0 Å². The van der Waals surface area contributed by atoms with Gasteiger partial charge in [-0.3, -0.25) is 9.59 Å². The van der Waals surface area contributed by atoms with Gasteiger partial charge >= 0.3 is 11.9 Å². The zero-order valence-corrected chi connectivity index (χ0v) is 36.1. The Hall–Kier alpha value is -3.44. The molecule has 5 nitrogen and oxygen atoms in total. The lowest BCUT2D eigenvalue weighted by atomic mass is 10.1. The first-order valence-corrected chi connectivity index (χ1v) is 22.4. The molecule has 0 spiro atoms. The van der Waals surface area contributed by atoms with Crippen LogP contribution in [0.1, 0.15) is 175 Å². The Labute approximate surface area is 344 Å². The van der Waals surface area contributed by atoms with E-state index in [1.165, 1.54) is 44.9 Å². The number of ether oxygens (including phenoxy) is 3. The molecule has 316 valence electrons. The van der Waals surface area contributed by atoms with Crippen molar-refractivity contribution in [1.82, 2.24) is 0 Å². The van der Waals surface area contributed by atoms with E-state index in [0.717, 1.165) is 96.3 Å². The van der Waals surface area contributed by atoms with Crippen LogP contribution in [-0.2, 0) is 23.8 Å². The molecule has 0 aliphatic rings. The van der Waals surface area contributed by atoms with E-state index in [2.05, 4.69) is 118 Å². The predicted molar refractivity (Wildman–Crippen MR) is 242 cm³/mol. The van der Waals surface area contributed by atoms with E-state index in [0.29, 0.717) is 13.0 Å². The van der Waals surface area contributed by atoms with E-state index in [1.807, 2.05) is 12.2 Å². The maximum absolute atomic E-state index is 12.5. The van der Waals surface area contributed by atoms with Crippen molar-refractivity contribution < 1.29 is 23.8 Å². The van der Waals surface area contributed by atoms with Gasteiger partial charge < -0.3 is 14.2 Å². The van der Waals surface area contributed by atoms with Crippen LogP contribution in [0.2, 0.25) is 0 Å². The average molecular weight is 775 g/mol. The number of rotatable bonds is 39. The number of hydrogen-bond donors (Lipinski definition) is 0. The molecular formula is C51H82O5. The first kappa shape index (κ1) is 52.6. The van der Waals surface area contributed by atoms with Gasteiger partial charge in [0.05, 0.1) is 13.0 Å². The zero-order chi connectivity index (χ0) is 40.7. The Kier molecular flexibility index (Phi) is 43.1. The summed E-state index contributed by atoms with van der Waals surface area (Å²) >= 11 is 0. The van der Waals surface area contributed by atoms with E-state index in [-0.39, 0.29) is 31.6 Å². The van der Waals surface area contributed by atoms with Crippen LogP contribution in [0.4, 0.5) is 0 Å². The quantitative estimate of drug-likeness (QED) is 0.0354. The summed E-state index contributed by atoms with van der Waals surface area (Å²) in [6.45, 7) is 7.37. The highest BCUT2D eigenvalue weighted by molar-refractivity contribution is 5.71. The summed E-state index contributed by atoms with van der Waals surface area (Å²) in [4.78, 5) is 24.9. The van der Waals surface area contributed by atoms with Crippen molar-refractivity contribution in [2.75, 3.05) is 19.8 Å². The molecule has 0 fully saturated rings. The van der Waals surface area contributed by atoms with Gasteiger partial charge in [0, 0.05) is 13.0 Å². The fourth-order valence-corrected chi connectivity index (χ4v) is 5.57. The minimum Gasteiger partial charge on any atom is -0.461 e. The third-order valence-corrected chi connectivity index (χ3v) is 8.84. The van der Waals surface area contributed by atoms with Crippen LogP contribution in [0.3, 0.4) is 0 Å². The van der Waals surface area contributed by atoms with Gasteiger partial charge in [-0.05, 0) is 83.5 Å². The summed E-state index contributed by atoms with van der Waals surface area (Å²) in [5, 5.41) is 0. The highest BCUT2D eigenvalue weighted by Gasteiger charge is 2.17.